The number of esters is 1. The number of benzene rings is 2. The molecule has 1 heterocycles. The van der Waals surface area contributed by atoms with Gasteiger partial charge in [0, 0.05) is 12.6 Å². The number of carbonyl (C=O) groups excluding carboxylic acids is 4. The Labute approximate surface area is 193 Å². The number of nitrogens with one attached hydrogen (secondary N) is 1. The lowest BCUT2D eigenvalue weighted by Gasteiger charge is -2.27. The molecule has 0 aliphatic carbocycles. The molecule has 4 amide bonds. The van der Waals surface area contributed by atoms with Crippen molar-refractivity contribution in [3.63, 3.8) is 0 Å². The highest BCUT2D eigenvalue weighted by Crippen LogP contribution is 2.32. The molecule has 8 nitrogen and oxygen atoms in total. The lowest BCUT2D eigenvalue weighted by atomic mass is 9.87. The molecule has 0 aromatic heterocycles. The Kier molecular flexibility index (Phi) is 7.48. The summed E-state index contributed by atoms with van der Waals surface area (Å²) in [7, 11) is 0. The molecule has 8 heteroatoms. The zero-order chi connectivity index (χ0) is 24.0. The van der Waals surface area contributed by atoms with E-state index in [1.807, 2.05) is 50.2 Å². The molecule has 0 spiro atoms. The minimum absolute atomic E-state index is 0.0987. The van der Waals surface area contributed by atoms with Crippen LogP contribution < -0.4 is 5.32 Å². The van der Waals surface area contributed by atoms with Gasteiger partial charge >= 0.3 is 12.0 Å². The molecule has 1 saturated heterocycles. The van der Waals surface area contributed by atoms with Crippen molar-refractivity contribution < 1.29 is 23.9 Å². The van der Waals surface area contributed by atoms with Crippen molar-refractivity contribution in [1.29, 1.82) is 0 Å². The number of hydrogen-bond acceptors (Lipinski definition) is 5. The summed E-state index contributed by atoms with van der Waals surface area (Å²) in [4.78, 5) is 53.2. The van der Waals surface area contributed by atoms with Crippen LogP contribution in [0.25, 0.3) is 0 Å². The van der Waals surface area contributed by atoms with Crippen LogP contribution in [0.4, 0.5) is 4.79 Å². The molecule has 1 fully saturated rings. The second-order valence-corrected chi connectivity index (χ2v) is 8.21. The predicted molar refractivity (Wildman–Crippen MR) is 122 cm³/mol. The highest BCUT2D eigenvalue weighted by Gasteiger charge is 2.51. The van der Waals surface area contributed by atoms with Crippen LogP contribution in [-0.2, 0) is 31.2 Å². The van der Waals surface area contributed by atoms with Crippen LogP contribution in [0.3, 0.4) is 0 Å². The van der Waals surface area contributed by atoms with Gasteiger partial charge in [0.2, 0.25) is 0 Å². The monoisotopic (exact) mass is 451 g/mol. The van der Waals surface area contributed by atoms with Gasteiger partial charge in [-0.25, -0.2) is 4.79 Å². The summed E-state index contributed by atoms with van der Waals surface area (Å²) in [5, 5.41) is 2.72. The van der Waals surface area contributed by atoms with E-state index < -0.39 is 36.6 Å². The molecular weight excluding hydrogens is 422 g/mol. The first kappa shape index (κ1) is 24.0. The third kappa shape index (κ3) is 5.22. The zero-order valence-corrected chi connectivity index (χ0v) is 19.1. The predicted octanol–water partition coefficient (Wildman–Crippen LogP) is 2.82. The third-order valence-corrected chi connectivity index (χ3v) is 5.76. The van der Waals surface area contributed by atoms with Crippen molar-refractivity contribution in [3.05, 3.63) is 71.8 Å². The Morgan fingerprint density at radius 2 is 1.64 bits per heavy atom. The van der Waals surface area contributed by atoms with Gasteiger partial charge in [-0.1, -0.05) is 67.6 Å². The van der Waals surface area contributed by atoms with Gasteiger partial charge in [-0.2, -0.15) is 0 Å². The number of imide groups is 1. The Hall–Kier alpha value is -3.68. The molecule has 1 atom stereocenters. The summed E-state index contributed by atoms with van der Waals surface area (Å²) in [6, 6.07) is 17.6. The van der Waals surface area contributed by atoms with Crippen molar-refractivity contribution in [1.82, 2.24) is 15.1 Å². The van der Waals surface area contributed by atoms with Crippen LogP contribution in [0.5, 0.6) is 0 Å². The lowest BCUT2D eigenvalue weighted by molar-refractivity contribution is -0.154. The Bertz CT molecular complexity index is 1010. The minimum Gasteiger partial charge on any atom is -0.454 e. The lowest BCUT2D eigenvalue weighted by Crippen LogP contribution is -2.44. The first-order valence-electron chi connectivity index (χ1n) is 11.0. The largest absolute Gasteiger partial charge is 0.454 e. The van der Waals surface area contributed by atoms with Crippen LogP contribution in [0.1, 0.15) is 38.3 Å². The summed E-state index contributed by atoms with van der Waals surface area (Å²) in [5.41, 5.74) is 0.380. The summed E-state index contributed by atoms with van der Waals surface area (Å²) < 4.78 is 5.13. The quantitative estimate of drug-likeness (QED) is 0.467. The van der Waals surface area contributed by atoms with Crippen LogP contribution in [0.15, 0.2) is 60.7 Å². The molecule has 3 rings (SSSR count). The third-order valence-electron chi connectivity index (χ3n) is 5.76. The molecule has 2 aromatic rings. The maximum absolute atomic E-state index is 13.1. The van der Waals surface area contributed by atoms with Crippen molar-refractivity contribution in [3.8, 4) is 0 Å². The van der Waals surface area contributed by atoms with Crippen molar-refractivity contribution >= 4 is 23.8 Å². The Balaban J connectivity index is 1.61. The Morgan fingerprint density at radius 3 is 2.21 bits per heavy atom. The summed E-state index contributed by atoms with van der Waals surface area (Å²) in [5.74, 6) is -1.70. The molecule has 0 saturated carbocycles. The fraction of sp³-hybridized carbons (Fsp3) is 0.360. The van der Waals surface area contributed by atoms with Gasteiger partial charge in [-0.3, -0.25) is 19.3 Å². The number of nitrogens with zero attached hydrogens (tertiary/aromatic N) is 2. The molecule has 0 bridgehead atoms. The molecule has 1 N–H and O–H groups in total. The van der Waals surface area contributed by atoms with E-state index in [-0.39, 0.29) is 11.9 Å². The molecule has 0 radical (unpaired) electrons. The maximum Gasteiger partial charge on any atom is 0.326 e. The van der Waals surface area contributed by atoms with Crippen LogP contribution in [-0.4, -0.2) is 52.8 Å². The van der Waals surface area contributed by atoms with E-state index in [1.165, 1.54) is 0 Å². The number of hydrogen-bond donors (Lipinski definition) is 1. The molecule has 33 heavy (non-hydrogen) atoms. The number of carbonyl (C=O) groups is 4. The average Bonchev–Trinajstić information content (AvgIpc) is 3.07. The van der Waals surface area contributed by atoms with Gasteiger partial charge in [0.25, 0.3) is 11.8 Å². The van der Waals surface area contributed by atoms with Gasteiger partial charge < -0.3 is 15.0 Å². The summed E-state index contributed by atoms with van der Waals surface area (Å²) in [6.07, 6.45) is 0.328. The molecule has 1 unspecified atom stereocenters. The van der Waals surface area contributed by atoms with Crippen molar-refractivity contribution in [2.45, 2.75) is 45.3 Å². The summed E-state index contributed by atoms with van der Waals surface area (Å²) in [6.45, 7) is 4.91. The normalized spacial score (nSPS) is 17.8. The molecular formula is C25H29N3O5. The number of amides is 4. The van der Waals surface area contributed by atoms with Gasteiger partial charge in [0.05, 0.1) is 0 Å². The number of rotatable bonds is 9. The number of urea groups is 1. The van der Waals surface area contributed by atoms with Crippen LogP contribution >= 0.6 is 0 Å². The smallest absolute Gasteiger partial charge is 0.326 e. The van der Waals surface area contributed by atoms with E-state index in [0.29, 0.717) is 18.5 Å². The topological polar surface area (TPSA) is 96.0 Å². The van der Waals surface area contributed by atoms with E-state index in [0.717, 1.165) is 10.5 Å². The van der Waals surface area contributed by atoms with E-state index in [9.17, 15) is 19.2 Å². The zero-order valence-electron chi connectivity index (χ0n) is 19.1. The van der Waals surface area contributed by atoms with Crippen molar-refractivity contribution in [2.75, 3.05) is 13.2 Å². The first-order valence-corrected chi connectivity index (χ1v) is 11.0. The van der Waals surface area contributed by atoms with E-state index >= 15 is 0 Å². The van der Waals surface area contributed by atoms with Gasteiger partial charge in [0.1, 0.15) is 12.1 Å². The highest BCUT2D eigenvalue weighted by atomic mass is 16.5. The Morgan fingerprint density at radius 1 is 1.03 bits per heavy atom. The van der Waals surface area contributed by atoms with Crippen LogP contribution in [0, 0.1) is 0 Å². The molecule has 1 aliphatic heterocycles. The molecule has 174 valence electrons. The number of ether oxygens (including phenoxy) is 1. The van der Waals surface area contributed by atoms with E-state index in [2.05, 4.69) is 5.32 Å². The average molecular weight is 452 g/mol. The van der Waals surface area contributed by atoms with Crippen molar-refractivity contribution in [2.24, 2.45) is 0 Å². The second kappa shape index (κ2) is 10.3. The maximum atomic E-state index is 13.1. The van der Waals surface area contributed by atoms with E-state index in [1.54, 1.807) is 36.1 Å². The highest BCUT2D eigenvalue weighted by molar-refractivity contribution is 6.09. The standard InChI is InChI=1S/C25H29N3O5/c1-4-25(20-13-9-6-10-14-20)23(31)28(24(32)26-25)16-22(30)33-17-21(29)27(18(2)3)15-19-11-7-5-8-12-19/h5-14,18H,4,15-17H2,1-3H3,(H,26,32). The van der Waals surface area contributed by atoms with Gasteiger partial charge in [0.15, 0.2) is 6.61 Å². The van der Waals surface area contributed by atoms with Crippen LogP contribution in [0.2, 0.25) is 0 Å². The fourth-order valence-corrected chi connectivity index (χ4v) is 3.87. The summed E-state index contributed by atoms with van der Waals surface area (Å²) >= 11 is 0. The second-order valence-electron chi connectivity index (χ2n) is 8.21. The minimum atomic E-state index is -1.22. The SMILES string of the molecule is CCC1(c2ccccc2)NC(=O)N(CC(=O)OCC(=O)N(Cc2ccccc2)C(C)C)C1=O. The first-order chi connectivity index (χ1) is 15.8. The molecule has 2 aromatic carbocycles. The van der Waals surface area contributed by atoms with Gasteiger partial charge in [-0.15, -0.1) is 0 Å². The van der Waals surface area contributed by atoms with Gasteiger partial charge in [-0.05, 0) is 31.4 Å². The fourth-order valence-electron chi connectivity index (χ4n) is 3.87. The molecule has 1 aliphatic rings. The van der Waals surface area contributed by atoms with E-state index in [4.69, 9.17) is 4.74 Å².